The number of nitrogens with one attached hydrogen (secondary N) is 1. The van der Waals surface area contributed by atoms with Crippen LogP contribution < -0.4 is 10.2 Å². The minimum atomic E-state index is -0.481. The van der Waals surface area contributed by atoms with Crippen molar-refractivity contribution >= 4 is 11.9 Å². The van der Waals surface area contributed by atoms with Gasteiger partial charge in [0.15, 0.2) is 0 Å². The topological polar surface area (TPSA) is 54.5 Å². The molecule has 21 heavy (non-hydrogen) atoms. The van der Waals surface area contributed by atoms with E-state index >= 15 is 0 Å². The number of ether oxygens (including phenoxy) is 1. The van der Waals surface area contributed by atoms with Gasteiger partial charge >= 0.3 is 6.09 Å². The maximum atomic E-state index is 11.6. The van der Waals surface area contributed by atoms with Gasteiger partial charge in [0.25, 0.3) is 0 Å². The number of aromatic nitrogens is 1. The number of carbonyl (C=O) groups is 1. The van der Waals surface area contributed by atoms with Crippen LogP contribution in [0.15, 0.2) is 12.3 Å². The highest BCUT2D eigenvalue weighted by atomic mass is 16.6. The van der Waals surface area contributed by atoms with Crippen LogP contribution in [0, 0.1) is 6.92 Å². The molecule has 0 unspecified atom stereocenters. The fourth-order valence-corrected chi connectivity index (χ4v) is 2.07. The van der Waals surface area contributed by atoms with Gasteiger partial charge in [-0.1, -0.05) is 0 Å². The molecule has 0 aliphatic rings. The van der Waals surface area contributed by atoms with Crippen LogP contribution >= 0.6 is 0 Å². The van der Waals surface area contributed by atoms with Crippen LogP contribution in [0.5, 0.6) is 0 Å². The smallest absolute Gasteiger partial charge is 0.407 e. The van der Waals surface area contributed by atoms with Crippen LogP contribution in [0.2, 0.25) is 0 Å². The number of pyridine rings is 1. The van der Waals surface area contributed by atoms with E-state index in [1.165, 1.54) is 0 Å². The molecule has 1 aromatic heterocycles. The molecular weight excluding hydrogens is 266 g/mol. The standard InChI is InChI=1S/C16H27N3O2/c1-7-19(8-2)14-12(3)9-13(10-17-14)11-18-15(20)21-16(4,5)6/h9-10H,7-8,11H2,1-6H3,(H,18,20). The summed E-state index contributed by atoms with van der Waals surface area (Å²) >= 11 is 0. The molecule has 118 valence electrons. The molecule has 0 aliphatic heterocycles. The van der Waals surface area contributed by atoms with E-state index in [2.05, 4.69) is 35.1 Å². The van der Waals surface area contributed by atoms with Crippen molar-refractivity contribution in [2.24, 2.45) is 0 Å². The van der Waals surface area contributed by atoms with Gasteiger partial charge in [0, 0.05) is 25.8 Å². The lowest BCUT2D eigenvalue weighted by atomic mass is 10.2. The lowest BCUT2D eigenvalue weighted by molar-refractivity contribution is 0.0523. The third-order valence-electron chi connectivity index (χ3n) is 3.01. The molecule has 0 aromatic carbocycles. The predicted octanol–water partition coefficient (Wildman–Crippen LogP) is 3.26. The molecule has 5 nitrogen and oxygen atoms in total. The van der Waals surface area contributed by atoms with Gasteiger partial charge in [0.05, 0.1) is 0 Å². The minimum absolute atomic E-state index is 0.409. The molecule has 1 amide bonds. The molecule has 0 saturated heterocycles. The molecule has 0 saturated carbocycles. The quantitative estimate of drug-likeness (QED) is 0.905. The number of nitrogens with zero attached hydrogens (tertiary/aromatic N) is 2. The molecule has 5 heteroatoms. The van der Waals surface area contributed by atoms with Crippen molar-refractivity contribution in [3.63, 3.8) is 0 Å². The van der Waals surface area contributed by atoms with Crippen molar-refractivity contribution in [3.05, 3.63) is 23.4 Å². The maximum Gasteiger partial charge on any atom is 0.407 e. The van der Waals surface area contributed by atoms with E-state index in [0.29, 0.717) is 6.54 Å². The highest BCUT2D eigenvalue weighted by Crippen LogP contribution is 2.17. The van der Waals surface area contributed by atoms with E-state index in [4.69, 9.17) is 4.74 Å². The van der Waals surface area contributed by atoms with E-state index < -0.39 is 11.7 Å². The molecular formula is C16H27N3O2. The first kappa shape index (κ1) is 17.3. The van der Waals surface area contributed by atoms with Crippen LogP contribution in [0.1, 0.15) is 45.7 Å². The van der Waals surface area contributed by atoms with Crippen molar-refractivity contribution in [3.8, 4) is 0 Å². The van der Waals surface area contributed by atoms with Gasteiger partial charge in [-0.15, -0.1) is 0 Å². The van der Waals surface area contributed by atoms with E-state index in [1.807, 2.05) is 27.7 Å². The van der Waals surface area contributed by atoms with E-state index in [9.17, 15) is 4.79 Å². The number of amides is 1. The Balaban J connectivity index is 2.66. The molecule has 1 rings (SSSR count). The lowest BCUT2D eigenvalue weighted by Crippen LogP contribution is -2.32. The summed E-state index contributed by atoms with van der Waals surface area (Å²) in [6, 6.07) is 2.05. The number of hydrogen-bond acceptors (Lipinski definition) is 4. The second kappa shape index (κ2) is 7.29. The molecule has 0 bridgehead atoms. The number of rotatable bonds is 5. The van der Waals surface area contributed by atoms with Crippen molar-refractivity contribution in [1.29, 1.82) is 0 Å². The predicted molar refractivity (Wildman–Crippen MR) is 85.6 cm³/mol. The Bertz CT molecular complexity index is 477. The zero-order valence-electron chi connectivity index (χ0n) is 14.0. The average Bonchev–Trinajstić information content (AvgIpc) is 2.38. The van der Waals surface area contributed by atoms with Gasteiger partial charge in [-0.25, -0.2) is 9.78 Å². The third kappa shape index (κ3) is 5.61. The van der Waals surface area contributed by atoms with E-state index in [-0.39, 0.29) is 0 Å². The highest BCUT2D eigenvalue weighted by Gasteiger charge is 2.16. The summed E-state index contributed by atoms with van der Waals surface area (Å²) < 4.78 is 5.21. The van der Waals surface area contributed by atoms with Crippen LogP contribution in [-0.2, 0) is 11.3 Å². The fraction of sp³-hybridized carbons (Fsp3) is 0.625. The molecule has 0 aliphatic carbocycles. The second-order valence-corrected chi connectivity index (χ2v) is 6.01. The first-order valence-corrected chi connectivity index (χ1v) is 7.44. The summed E-state index contributed by atoms with van der Waals surface area (Å²) in [5.74, 6) is 1.00. The summed E-state index contributed by atoms with van der Waals surface area (Å²) in [5, 5.41) is 2.74. The molecule has 1 N–H and O–H groups in total. The summed E-state index contributed by atoms with van der Waals surface area (Å²) in [7, 11) is 0. The largest absolute Gasteiger partial charge is 0.444 e. The van der Waals surface area contributed by atoms with Crippen LogP contribution in [0.25, 0.3) is 0 Å². The number of aryl methyl sites for hydroxylation is 1. The Morgan fingerprint density at radius 3 is 2.43 bits per heavy atom. The number of hydrogen-bond donors (Lipinski definition) is 1. The van der Waals surface area contributed by atoms with Crippen LogP contribution in [0.3, 0.4) is 0 Å². The average molecular weight is 293 g/mol. The summed E-state index contributed by atoms with van der Waals surface area (Å²) in [6.45, 7) is 14.1. The normalized spacial score (nSPS) is 11.1. The van der Waals surface area contributed by atoms with Crippen LogP contribution in [0.4, 0.5) is 10.6 Å². The van der Waals surface area contributed by atoms with Crippen molar-refractivity contribution < 1.29 is 9.53 Å². The van der Waals surface area contributed by atoms with Crippen molar-refractivity contribution in [1.82, 2.24) is 10.3 Å². The van der Waals surface area contributed by atoms with Crippen LogP contribution in [-0.4, -0.2) is 29.8 Å². The molecule has 0 radical (unpaired) electrons. The second-order valence-electron chi connectivity index (χ2n) is 6.01. The molecule has 0 spiro atoms. The lowest BCUT2D eigenvalue weighted by Gasteiger charge is -2.22. The van der Waals surface area contributed by atoms with Gasteiger partial charge in [-0.2, -0.15) is 0 Å². The fourth-order valence-electron chi connectivity index (χ4n) is 2.07. The Labute approximate surface area is 127 Å². The SMILES string of the molecule is CCN(CC)c1ncc(CNC(=O)OC(C)(C)C)cc1C. The summed E-state index contributed by atoms with van der Waals surface area (Å²) in [5.41, 5.74) is 1.60. The van der Waals surface area contributed by atoms with Gasteiger partial charge in [0.1, 0.15) is 11.4 Å². The first-order valence-electron chi connectivity index (χ1n) is 7.44. The van der Waals surface area contributed by atoms with Gasteiger partial charge in [-0.3, -0.25) is 0 Å². The van der Waals surface area contributed by atoms with E-state index in [1.54, 1.807) is 6.20 Å². The minimum Gasteiger partial charge on any atom is -0.444 e. The molecule has 1 heterocycles. The Hall–Kier alpha value is -1.78. The van der Waals surface area contributed by atoms with Gasteiger partial charge in [0.2, 0.25) is 0 Å². The van der Waals surface area contributed by atoms with E-state index in [0.717, 1.165) is 30.0 Å². The Morgan fingerprint density at radius 1 is 1.33 bits per heavy atom. The third-order valence-corrected chi connectivity index (χ3v) is 3.01. The number of alkyl carbamates (subject to hydrolysis) is 1. The summed E-state index contributed by atoms with van der Waals surface area (Å²) in [4.78, 5) is 18.3. The van der Waals surface area contributed by atoms with Crippen molar-refractivity contribution in [2.75, 3.05) is 18.0 Å². The molecule has 0 fully saturated rings. The summed E-state index contributed by atoms with van der Waals surface area (Å²) in [6.07, 6.45) is 1.39. The maximum absolute atomic E-state index is 11.6. The molecule has 1 aromatic rings. The highest BCUT2D eigenvalue weighted by molar-refractivity contribution is 5.67. The Kier molecular flexibility index (Phi) is 6.00. The molecule has 0 atom stereocenters. The zero-order chi connectivity index (χ0) is 16.0. The van der Waals surface area contributed by atoms with Gasteiger partial charge in [-0.05, 0) is 58.7 Å². The number of carbonyl (C=O) groups excluding carboxylic acids is 1. The zero-order valence-corrected chi connectivity index (χ0v) is 14.0. The van der Waals surface area contributed by atoms with Gasteiger partial charge < -0.3 is 15.0 Å². The Morgan fingerprint density at radius 2 is 1.95 bits per heavy atom. The monoisotopic (exact) mass is 293 g/mol. The first-order chi connectivity index (χ1) is 9.76. The number of anilines is 1. The van der Waals surface area contributed by atoms with Crippen molar-refractivity contribution in [2.45, 2.75) is 53.7 Å².